The molecule has 0 aliphatic rings. The Bertz CT molecular complexity index is 546. The first-order valence-corrected chi connectivity index (χ1v) is 6.26. The van der Waals surface area contributed by atoms with Crippen molar-refractivity contribution in [3.05, 3.63) is 47.0 Å². The number of hydrogen-bond acceptors (Lipinski definition) is 2. The first kappa shape index (κ1) is 12.8. The van der Waals surface area contributed by atoms with Gasteiger partial charge in [-0.05, 0) is 42.7 Å². The predicted molar refractivity (Wildman–Crippen MR) is 70.2 cm³/mol. The molecule has 0 spiro atoms. The molecule has 1 heterocycles. The Morgan fingerprint density at radius 2 is 2.00 bits per heavy atom. The minimum absolute atomic E-state index is 0.264. The van der Waals surface area contributed by atoms with Gasteiger partial charge in [0.2, 0.25) is 0 Å². The summed E-state index contributed by atoms with van der Waals surface area (Å²) >= 11 is 0. The van der Waals surface area contributed by atoms with E-state index in [1.54, 1.807) is 6.07 Å². The number of rotatable bonds is 4. The highest BCUT2D eigenvalue weighted by molar-refractivity contribution is 5.42. The van der Waals surface area contributed by atoms with Gasteiger partial charge in [-0.1, -0.05) is 13.8 Å². The Hall–Kier alpha value is -1.68. The third-order valence-corrected chi connectivity index (χ3v) is 3.05. The van der Waals surface area contributed by atoms with Crippen molar-refractivity contribution in [1.82, 2.24) is 9.78 Å². The zero-order valence-corrected chi connectivity index (χ0v) is 10.8. The van der Waals surface area contributed by atoms with E-state index in [9.17, 15) is 4.39 Å². The third-order valence-electron chi connectivity index (χ3n) is 3.05. The molecule has 2 aromatic rings. The van der Waals surface area contributed by atoms with Gasteiger partial charge in [-0.3, -0.25) is 0 Å². The van der Waals surface area contributed by atoms with Crippen LogP contribution in [0.2, 0.25) is 0 Å². The first-order valence-electron chi connectivity index (χ1n) is 6.26. The van der Waals surface area contributed by atoms with Crippen LogP contribution in [0, 0.1) is 5.82 Å². The van der Waals surface area contributed by atoms with Gasteiger partial charge in [-0.15, -0.1) is 0 Å². The van der Waals surface area contributed by atoms with Crippen LogP contribution < -0.4 is 5.73 Å². The molecule has 1 aromatic carbocycles. The molecule has 0 saturated heterocycles. The van der Waals surface area contributed by atoms with Crippen molar-refractivity contribution in [3.63, 3.8) is 0 Å². The molecule has 3 nitrogen and oxygen atoms in total. The number of hydrogen-bond donors (Lipinski definition) is 1. The van der Waals surface area contributed by atoms with Crippen LogP contribution in [-0.2, 0) is 19.4 Å². The molecule has 96 valence electrons. The molecule has 0 unspecified atom stereocenters. The fourth-order valence-corrected chi connectivity index (χ4v) is 2.03. The van der Waals surface area contributed by atoms with Crippen molar-refractivity contribution in [2.45, 2.75) is 33.2 Å². The Morgan fingerprint density at radius 1 is 1.22 bits per heavy atom. The number of halogens is 1. The topological polar surface area (TPSA) is 43.8 Å². The normalized spacial score (nSPS) is 10.9. The lowest BCUT2D eigenvalue weighted by Crippen LogP contribution is -2.08. The van der Waals surface area contributed by atoms with E-state index in [2.05, 4.69) is 25.0 Å². The number of nitrogens with two attached hydrogens (primary N) is 1. The van der Waals surface area contributed by atoms with Crippen LogP contribution in [0.15, 0.2) is 24.3 Å². The Kier molecular flexibility index (Phi) is 3.77. The van der Waals surface area contributed by atoms with E-state index in [1.165, 1.54) is 12.1 Å². The summed E-state index contributed by atoms with van der Waals surface area (Å²) in [7, 11) is 0. The van der Waals surface area contributed by atoms with Crippen molar-refractivity contribution < 1.29 is 4.39 Å². The average molecular weight is 247 g/mol. The summed E-state index contributed by atoms with van der Waals surface area (Å²) in [5, 5.41) is 4.55. The van der Waals surface area contributed by atoms with E-state index in [0.29, 0.717) is 6.54 Å². The summed E-state index contributed by atoms with van der Waals surface area (Å²) in [5.41, 5.74) is 9.48. The van der Waals surface area contributed by atoms with Gasteiger partial charge in [0.05, 0.1) is 11.4 Å². The van der Waals surface area contributed by atoms with Crippen molar-refractivity contribution in [2.24, 2.45) is 5.73 Å². The smallest absolute Gasteiger partial charge is 0.123 e. The number of nitrogens with zero attached hydrogens (tertiary/aromatic N) is 2. The van der Waals surface area contributed by atoms with Crippen LogP contribution in [0.3, 0.4) is 0 Å². The first-order chi connectivity index (χ1) is 8.69. The van der Waals surface area contributed by atoms with Crippen molar-refractivity contribution in [3.8, 4) is 5.69 Å². The lowest BCUT2D eigenvalue weighted by molar-refractivity contribution is 0.623. The second-order valence-corrected chi connectivity index (χ2v) is 4.22. The van der Waals surface area contributed by atoms with Crippen molar-refractivity contribution in [1.29, 1.82) is 0 Å². The van der Waals surface area contributed by atoms with Gasteiger partial charge < -0.3 is 5.73 Å². The summed E-state index contributed by atoms with van der Waals surface area (Å²) in [6.07, 6.45) is 1.77. The van der Waals surface area contributed by atoms with Crippen LogP contribution in [-0.4, -0.2) is 9.78 Å². The third kappa shape index (κ3) is 2.29. The molecule has 2 rings (SSSR count). The van der Waals surface area contributed by atoms with E-state index >= 15 is 0 Å². The van der Waals surface area contributed by atoms with E-state index in [-0.39, 0.29) is 5.82 Å². The molecular formula is C14H18FN3. The predicted octanol–water partition coefficient (Wildman–Crippen LogP) is 2.59. The molecule has 4 heteroatoms. The summed E-state index contributed by atoms with van der Waals surface area (Å²) in [5.74, 6) is -0.264. The van der Waals surface area contributed by atoms with Gasteiger partial charge in [0, 0.05) is 12.2 Å². The lowest BCUT2D eigenvalue weighted by atomic mass is 10.1. The van der Waals surface area contributed by atoms with Crippen molar-refractivity contribution in [2.75, 3.05) is 0 Å². The van der Waals surface area contributed by atoms with E-state index in [0.717, 1.165) is 35.5 Å². The van der Waals surface area contributed by atoms with Crippen LogP contribution in [0.4, 0.5) is 4.39 Å². The summed E-state index contributed by atoms with van der Waals surface area (Å²) in [6, 6.07) is 6.75. The molecule has 18 heavy (non-hydrogen) atoms. The maximum atomic E-state index is 13.2. The number of aryl methyl sites for hydroxylation is 2. The zero-order chi connectivity index (χ0) is 13.1. The lowest BCUT2D eigenvalue weighted by Gasteiger charge is -2.10. The van der Waals surface area contributed by atoms with Crippen LogP contribution in [0.1, 0.15) is 30.8 Å². The molecule has 0 bridgehead atoms. The van der Waals surface area contributed by atoms with E-state index < -0.39 is 0 Å². The van der Waals surface area contributed by atoms with Crippen LogP contribution >= 0.6 is 0 Å². The summed E-state index contributed by atoms with van der Waals surface area (Å²) < 4.78 is 15.1. The van der Waals surface area contributed by atoms with Gasteiger partial charge in [-0.25, -0.2) is 9.07 Å². The fraction of sp³-hybridized carbons (Fsp3) is 0.357. The second kappa shape index (κ2) is 5.31. The Morgan fingerprint density at radius 3 is 2.61 bits per heavy atom. The quantitative estimate of drug-likeness (QED) is 0.902. The van der Waals surface area contributed by atoms with E-state index in [4.69, 9.17) is 5.73 Å². The monoisotopic (exact) mass is 247 g/mol. The second-order valence-electron chi connectivity index (χ2n) is 4.22. The molecule has 0 saturated carbocycles. The molecule has 0 aliphatic heterocycles. The number of benzene rings is 1. The average Bonchev–Trinajstić information content (AvgIpc) is 2.81. The van der Waals surface area contributed by atoms with E-state index in [1.807, 2.05) is 4.68 Å². The molecule has 0 aliphatic carbocycles. The van der Waals surface area contributed by atoms with Gasteiger partial charge in [-0.2, -0.15) is 5.10 Å². The minimum atomic E-state index is -0.264. The highest BCUT2D eigenvalue weighted by atomic mass is 19.1. The highest BCUT2D eigenvalue weighted by Crippen LogP contribution is 2.19. The molecule has 1 aromatic heterocycles. The van der Waals surface area contributed by atoms with Crippen LogP contribution in [0.5, 0.6) is 0 Å². The SMILES string of the molecule is CCc1cc(CC)n(-c2ccc(F)cc2CN)n1. The standard InChI is InChI=1S/C14H18FN3/c1-3-12-8-13(4-2)18(17-12)14-6-5-11(15)7-10(14)9-16/h5-8H,3-4,9,16H2,1-2H3. The van der Waals surface area contributed by atoms with Crippen molar-refractivity contribution >= 4 is 0 Å². The zero-order valence-electron chi connectivity index (χ0n) is 10.8. The summed E-state index contributed by atoms with van der Waals surface area (Å²) in [6.45, 7) is 4.46. The molecular weight excluding hydrogens is 229 g/mol. The Labute approximate surface area is 106 Å². The summed E-state index contributed by atoms with van der Waals surface area (Å²) in [4.78, 5) is 0. The minimum Gasteiger partial charge on any atom is -0.326 e. The molecule has 0 amide bonds. The Balaban J connectivity index is 2.56. The molecule has 0 fully saturated rings. The van der Waals surface area contributed by atoms with Gasteiger partial charge in [0.15, 0.2) is 0 Å². The highest BCUT2D eigenvalue weighted by Gasteiger charge is 2.11. The van der Waals surface area contributed by atoms with Gasteiger partial charge in [0.25, 0.3) is 0 Å². The van der Waals surface area contributed by atoms with Crippen LogP contribution in [0.25, 0.3) is 5.69 Å². The van der Waals surface area contributed by atoms with Gasteiger partial charge >= 0.3 is 0 Å². The maximum absolute atomic E-state index is 13.2. The largest absolute Gasteiger partial charge is 0.326 e. The molecule has 2 N–H and O–H groups in total. The number of aromatic nitrogens is 2. The molecule has 0 atom stereocenters. The molecule has 0 radical (unpaired) electrons. The maximum Gasteiger partial charge on any atom is 0.123 e. The van der Waals surface area contributed by atoms with Gasteiger partial charge in [0.1, 0.15) is 5.82 Å². The fourth-order valence-electron chi connectivity index (χ4n) is 2.03.